The number of benzene rings is 4. The summed E-state index contributed by atoms with van der Waals surface area (Å²) in [7, 11) is -7.35. The molecule has 3 aliphatic rings. The Hall–Kier alpha value is -4.88. The monoisotopic (exact) mass is 1080 g/mol. The van der Waals surface area contributed by atoms with E-state index in [4.69, 9.17) is 44.3 Å². The first-order valence-corrected chi connectivity index (χ1v) is 28.3. The number of amides is 3. The second-order valence-electron chi connectivity index (χ2n) is 18.7. The van der Waals surface area contributed by atoms with Crippen molar-refractivity contribution < 1.29 is 40.2 Å². The number of ether oxygens (including phenoxy) is 2. The number of sulfonamides is 1. The van der Waals surface area contributed by atoms with Crippen LogP contribution in [-0.4, -0.2) is 125 Å². The third-order valence-electron chi connectivity index (χ3n) is 13.2. The van der Waals surface area contributed by atoms with Gasteiger partial charge in [-0.05, 0) is 125 Å². The number of aryl methyl sites for hydroxylation is 2. The molecule has 8 rings (SSSR count). The SMILES string of the molecule is Cc1cc(Cl)ccc1OC1CCN(C[C@H](C)CNC(=O)c2c[nH]c(=O)c3cc(S(C)(=O)=O)ccc23)CC1.Cc1ccc(S(=O)(=O)NC(=O)N2CCC(N3CCC(Oc4ccc(Cl)cc4Cl)CC3)CC2)cc1.[HH].[HH].[HH]. The Bertz CT molecular complexity index is 2990. The highest BCUT2D eigenvalue weighted by Crippen LogP contribution is 2.31. The Labute approximate surface area is 435 Å². The van der Waals surface area contributed by atoms with Gasteiger partial charge < -0.3 is 29.6 Å². The fraction of sp³-hybridized carbons (Fsp3) is 0.431. The fourth-order valence-electron chi connectivity index (χ4n) is 9.16. The standard InChI is InChI=1S/C27H32ClN3O5S.C24H29Cl2N3O4S.3H2/c1-17(16-31-10-8-20(9-11-31)36-25-7-4-19(28)12-18(25)2)14-29-27(33)24-15-30-26(32)23-13-21(37(3,34)35)5-6-22(23)24;1-17-2-5-21(6-3-17)34(31,32)27-24(30)29-12-8-19(9-13-29)28-14-10-20(11-15-28)33-23-7-4-18(25)16-22(23)26;;;/h4-7,12-13,15,17,20H,8-11,14,16H2,1-3H3,(H,29,33)(H,30,32);2-7,16,19-20H,8-15H2,1H3,(H,27,30);3*1H/t17-;;;;/m1..../s1. The first-order chi connectivity index (χ1) is 33.7. The molecule has 4 heterocycles. The first kappa shape index (κ1) is 53.9. The summed E-state index contributed by atoms with van der Waals surface area (Å²) in [6, 6.07) is 21.4. The predicted molar refractivity (Wildman–Crippen MR) is 285 cm³/mol. The van der Waals surface area contributed by atoms with Crippen molar-refractivity contribution in [3.05, 3.63) is 127 Å². The van der Waals surface area contributed by atoms with Crippen molar-refractivity contribution >= 4 is 77.4 Å². The van der Waals surface area contributed by atoms with Crippen LogP contribution in [-0.2, 0) is 19.9 Å². The van der Waals surface area contributed by atoms with Crippen molar-refractivity contribution in [2.75, 3.05) is 58.6 Å². The molecule has 3 aliphatic heterocycles. The van der Waals surface area contributed by atoms with Gasteiger partial charge in [0, 0.05) is 96.0 Å². The van der Waals surface area contributed by atoms with E-state index in [1.807, 2.05) is 32.0 Å². The molecule has 1 aromatic heterocycles. The van der Waals surface area contributed by atoms with Gasteiger partial charge in [0.25, 0.3) is 21.5 Å². The van der Waals surface area contributed by atoms with Gasteiger partial charge >= 0.3 is 6.03 Å². The molecule has 3 fully saturated rings. The number of pyridine rings is 1. The van der Waals surface area contributed by atoms with Crippen LogP contribution >= 0.6 is 34.8 Å². The molecule has 3 N–H and O–H groups in total. The van der Waals surface area contributed by atoms with E-state index < -0.39 is 31.5 Å². The molecule has 0 aliphatic carbocycles. The lowest BCUT2D eigenvalue weighted by Crippen LogP contribution is -2.52. The maximum Gasteiger partial charge on any atom is 0.331 e. The zero-order chi connectivity index (χ0) is 51.0. The van der Waals surface area contributed by atoms with E-state index in [2.05, 4.69) is 31.7 Å². The molecule has 71 heavy (non-hydrogen) atoms. The zero-order valence-electron chi connectivity index (χ0n) is 40.3. The summed E-state index contributed by atoms with van der Waals surface area (Å²) in [6.45, 7) is 12.0. The number of piperidine rings is 3. The Morgan fingerprint density at radius 3 is 1.96 bits per heavy atom. The molecular formula is C51H67Cl3N6O9S2. The second kappa shape index (κ2) is 23.8. The summed E-state index contributed by atoms with van der Waals surface area (Å²) >= 11 is 18.2. The number of fused-ring (bicyclic) bond motifs is 1. The average molecular weight is 1080 g/mol. The minimum atomic E-state index is -3.88. The molecule has 3 saturated heterocycles. The number of aromatic amines is 1. The largest absolute Gasteiger partial charge is 0.490 e. The molecule has 1 atom stereocenters. The number of aromatic nitrogens is 1. The molecule has 388 valence electrons. The fourth-order valence-corrected chi connectivity index (χ4v) is 11.5. The van der Waals surface area contributed by atoms with Crippen molar-refractivity contribution in [2.24, 2.45) is 5.92 Å². The van der Waals surface area contributed by atoms with E-state index in [-0.39, 0.29) is 43.5 Å². The number of carbonyl (C=O) groups is 2. The number of carbonyl (C=O) groups excluding carboxylic acids is 2. The summed E-state index contributed by atoms with van der Waals surface area (Å²) in [5.41, 5.74) is 1.85. The van der Waals surface area contributed by atoms with Crippen LogP contribution in [0.5, 0.6) is 11.5 Å². The highest BCUT2D eigenvalue weighted by atomic mass is 35.5. The molecule has 4 aromatic carbocycles. The van der Waals surface area contributed by atoms with Crippen LogP contribution in [0.15, 0.2) is 99.6 Å². The zero-order valence-corrected chi connectivity index (χ0v) is 44.2. The number of hydrogen-bond donors (Lipinski definition) is 3. The van der Waals surface area contributed by atoms with Crippen LogP contribution in [0.3, 0.4) is 0 Å². The van der Waals surface area contributed by atoms with Crippen molar-refractivity contribution in [2.45, 2.75) is 87.3 Å². The van der Waals surface area contributed by atoms with Crippen LogP contribution in [0.25, 0.3) is 10.8 Å². The Morgan fingerprint density at radius 1 is 0.746 bits per heavy atom. The van der Waals surface area contributed by atoms with E-state index >= 15 is 0 Å². The van der Waals surface area contributed by atoms with Gasteiger partial charge in [0.2, 0.25) is 0 Å². The van der Waals surface area contributed by atoms with Gasteiger partial charge in [-0.15, -0.1) is 0 Å². The maximum absolute atomic E-state index is 12.9. The van der Waals surface area contributed by atoms with Gasteiger partial charge in [0.1, 0.15) is 23.7 Å². The lowest BCUT2D eigenvalue weighted by molar-refractivity contribution is 0.0540. The number of nitrogens with one attached hydrogen (secondary N) is 3. The van der Waals surface area contributed by atoms with Crippen molar-refractivity contribution in [1.82, 2.24) is 29.7 Å². The number of urea groups is 1. The number of sulfone groups is 1. The van der Waals surface area contributed by atoms with Crippen LogP contribution < -0.4 is 25.1 Å². The normalized spacial score (nSPS) is 17.3. The summed E-state index contributed by atoms with van der Waals surface area (Å²) < 4.78 is 63.2. The predicted octanol–water partition coefficient (Wildman–Crippen LogP) is 9.25. The van der Waals surface area contributed by atoms with Crippen molar-refractivity contribution in [3.63, 3.8) is 0 Å². The van der Waals surface area contributed by atoms with E-state index in [0.717, 1.165) is 94.4 Å². The van der Waals surface area contributed by atoms with E-state index in [9.17, 15) is 31.2 Å². The molecule has 0 saturated carbocycles. The van der Waals surface area contributed by atoms with Crippen LogP contribution in [0, 0.1) is 19.8 Å². The number of H-pyrrole nitrogens is 1. The molecule has 0 bridgehead atoms. The Morgan fingerprint density at radius 2 is 1.34 bits per heavy atom. The molecule has 3 amide bonds. The highest BCUT2D eigenvalue weighted by Gasteiger charge is 2.32. The Balaban J connectivity index is 0.000000309. The minimum absolute atomic E-state index is 0. The second-order valence-corrected chi connectivity index (χ2v) is 23.7. The summed E-state index contributed by atoms with van der Waals surface area (Å²) in [5, 5.41) is 5.35. The summed E-state index contributed by atoms with van der Waals surface area (Å²) in [5.74, 6) is 1.43. The quantitative estimate of drug-likeness (QED) is 0.102. The van der Waals surface area contributed by atoms with E-state index in [1.165, 1.54) is 36.5 Å². The van der Waals surface area contributed by atoms with Crippen molar-refractivity contribution in [1.29, 1.82) is 0 Å². The van der Waals surface area contributed by atoms with Crippen LogP contribution in [0.4, 0.5) is 4.79 Å². The van der Waals surface area contributed by atoms with Gasteiger partial charge in [-0.25, -0.2) is 26.4 Å². The topological polar surface area (TPSA) is 188 Å². The smallest absolute Gasteiger partial charge is 0.331 e. The third kappa shape index (κ3) is 14.6. The van der Waals surface area contributed by atoms with Crippen molar-refractivity contribution in [3.8, 4) is 11.5 Å². The van der Waals surface area contributed by atoms with Gasteiger partial charge in [-0.2, -0.15) is 0 Å². The number of halogens is 3. The molecule has 5 aromatic rings. The molecule has 15 nitrogen and oxygen atoms in total. The molecule has 0 radical (unpaired) electrons. The highest BCUT2D eigenvalue weighted by molar-refractivity contribution is 7.90. The minimum Gasteiger partial charge on any atom is -0.490 e. The molecule has 20 heteroatoms. The van der Waals surface area contributed by atoms with Gasteiger partial charge in [0.05, 0.1) is 20.4 Å². The number of rotatable bonds is 13. The van der Waals surface area contributed by atoms with Crippen LogP contribution in [0.2, 0.25) is 15.1 Å². The number of nitrogens with zero attached hydrogens (tertiary/aromatic N) is 3. The third-order valence-corrected chi connectivity index (χ3v) is 16.4. The summed E-state index contributed by atoms with van der Waals surface area (Å²) in [4.78, 5) is 46.9. The molecular weight excluding hydrogens is 1010 g/mol. The van der Waals surface area contributed by atoms with E-state index in [0.29, 0.717) is 57.4 Å². The lowest BCUT2D eigenvalue weighted by atomic mass is 9.99. The van der Waals surface area contributed by atoms with Gasteiger partial charge in [-0.1, -0.05) is 65.5 Å². The molecule has 0 spiro atoms. The lowest BCUT2D eigenvalue weighted by Gasteiger charge is -2.41. The van der Waals surface area contributed by atoms with E-state index in [1.54, 1.807) is 35.2 Å². The van der Waals surface area contributed by atoms with Gasteiger partial charge in [-0.3, -0.25) is 14.5 Å². The first-order valence-electron chi connectivity index (χ1n) is 23.8. The van der Waals surface area contributed by atoms with Gasteiger partial charge in [0.15, 0.2) is 9.84 Å². The maximum atomic E-state index is 12.9. The molecule has 0 unspecified atom stereocenters. The summed E-state index contributed by atoms with van der Waals surface area (Å²) in [6.07, 6.45) is 8.01. The number of hydrogen-bond acceptors (Lipinski definition) is 11. The number of likely N-dealkylation sites (tertiary alicyclic amines) is 3. The average Bonchev–Trinajstić information content (AvgIpc) is 3.33. The van der Waals surface area contributed by atoms with Crippen LogP contribution in [0.1, 0.15) is 71.2 Å². The Kier molecular flexibility index (Phi) is 18.1.